The highest BCUT2D eigenvalue weighted by Crippen LogP contribution is 2.25. The summed E-state index contributed by atoms with van der Waals surface area (Å²) in [6.45, 7) is 6.51. The van der Waals surface area contributed by atoms with E-state index >= 15 is 0 Å². The topological polar surface area (TPSA) is 38.0 Å². The first kappa shape index (κ1) is 13.4. The molecular weight excluding hydrogens is 239 g/mol. The van der Waals surface area contributed by atoms with Crippen molar-refractivity contribution in [2.24, 2.45) is 0 Å². The van der Waals surface area contributed by atoms with E-state index in [1.165, 1.54) is 17.7 Å². The molecule has 0 aromatic heterocycles. The summed E-state index contributed by atoms with van der Waals surface area (Å²) in [7, 11) is 0. The van der Waals surface area contributed by atoms with Gasteiger partial charge >= 0.3 is 0 Å². The maximum atomic E-state index is 13.2. The first-order chi connectivity index (χ1) is 8.84. The summed E-state index contributed by atoms with van der Waals surface area (Å²) in [5.41, 5.74) is 8.98. The minimum atomic E-state index is -0.339. The molecule has 19 heavy (non-hydrogen) atoms. The zero-order chi connectivity index (χ0) is 14.0. The highest BCUT2D eigenvalue weighted by Gasteiger charge is 2.12. The Hall–Kier alpha value is -2.03. The second-order valence-corrected chi connectivity index (χ2v) is 5.73. The van der Waals surface area contributed by atoms with Crippen molar-refractivity contribution < 1.29 is 4.39 Å². The van der Waals surface area contributed by atoms with Crippen LogP contribution >= 0.6 is 0 Å². The fourth-order valence-corrected chi connectivity index (χ4v) is 1.90. The van der Waals surface area contributed by atoms with Gasteiger partial charge < -0.3 is 11.1 Å². The largest absolute Gasteiger partial charge is 0.399 e. The van der Waals surface area contributed by atoms with Gasteiger partial charge in [-0.2, -0.15) is 0 Å². The van der Waals surface area contributed by atoms with Crippen LogP contribution in [0.3, 0.4) is 0 Å². The molecule has 2 rings (SSSR count). The lowest BCUT2D eigenvalue weighted by molar-refractivity contribution is 0.590. The minimum absolute atomic E-state index is 0.127. The minimum Gasteiger partial charge on any atom is -0.399 e. The average Bonchev–Trinajstić information content (AvgIpc) is 2.26. The van der Waals surface area contributed by atoms with E-state index in [0.29, 0.717) is 11.4 Å². The fourth-order valence-electron chi connectivity index (χ4n) is 1.90. The third kappa shape index (κ3) is 3.47. The van der Waals surface area contributed by atoms with E-state index in [-0.39, 0.29) is 11.2 Å². The molecule has 3 heteroatoms. The number of nitrogen functional groups attached to an aromatic ring is 1. The van der Waals surface area contributed by atoms with Gasteiger partial charge in [-0.25, -0.2) is 4.39 Å². The fraction of sp³-hybridized carbons (Fsp3) is 0.250. The molecule has 3 N–H and O–H groups in total. The summed E-state index contributed by atoms with van der Waals surface area (Å²) in [5.74, 6) is -0.339. The van der Waals surface area contributed by atoms with Crippen LogP contribution in [0.25, 0.3) is 0 Å². The van der Waals surface area contributed by atoms with Gasteiger partial charge in [-0.1, -0.05) is 32.9 Å². The van der Waals surface area contributed by atoms with Gasteiger partial charge in [0, 0.05) is 17.1 Å². The Bertz CT molecular complexity index is 548. The van der Waals surface area contributed by atoms with Crippen LogP contribution in [0.1, 0.15) is 26.3 Å². The second kappa shape index (κ2) is 4.92. The van der Waals surface area contributed by atoms with Gasteiger partial charge in [-0.05, 0) is 41.3 Å². The Balaban J connectivity index is 2.20. The molecule has 0 heterocycles. The average molecular weight is 258 g/mol. The summed E-state index contributed by atoms with van der Waals surface area (Å²) >= 11 is 0. The summed E-state index contributed by atoms with van der Waals surface area (Å²) in [5, 5.41) is 3.14. The quantitative estimate of drug-likeness (QED) is 0.781. The number of rotatable bonds is 2. The van der Waals surface area contributed by atoms with E-state index in [0.717, 1.165) is 5.69 Å². The first-order valence-electron chi connectivity index (χ1n) is 6.28. The molecule has 0 aliphatic carbocycles. The Kier molecular flexibility index (Phi) is 3.47. The van der Waals surface area contributed by atoms with E-state index in [4.69, 9.17) is 5.73 Å². The van der Waals surface area contributed by atoms with Crippen LogP contribution in [-0.2, 0) is 5.41 Å². The Labute approximate surface area is 113 Å². The van der Waals surface area contributed by atoms with Crippen molar-refractivity contribution in [3.63, 3.8) is 0 Å². The molecule has 0 radical (unpaired) electrons. The number of nitrogens with one attached hydrogen (secondary N) is 1. The molecule has 0 bridgehead atoms. The summed E-state index contributed by atoms with van der Waals surface area (Å²) in [4.78, 5) is 0. The van der Waals surface area contributed by atoms with Gasteiger partial charge in [0.1, 0.15) is 5.82 Å². The van der Waals surface area contributed by atoms with Crippen LogP contribution in [0.4, 0.5) is 21.5 Å². The number of nitrogens with two attached hydrogens (primary N) is 1. The number of benzene rings is 2. The number of hydrogen-bond acceptors (Lipinski definition) is 2. The SMILES string of the molecule is CC(C)(C)c1ccc(Nc2cc(N)cc(F)c2)cc1. The Morgan fingerprint density at radius 2 is 1.58 bits per heavy atom. The van der Waals surface area contributed by atoms with Crippen LogP contribution in [0.15, 0.2) is 42.5 Å². The summed E-state index contributed by atoms with van der Waals surface area (Å²) in [6, 6.07) is 12.6. The normalized spacial score (nSPS) is 11.4. The monoisotopic (exact) mass is 258 g/mol. The van der Waals surface area contributed by atoms with Crippen LogP contribution in [0.2, 0.25) is 0 Å². The molecule has 2 aromatic rings. The highest BCUT2D eigenvalue weighted by atomic mass is 19.1. The molecule has 0 aliphatic heterocycles. The predicted octanol–water partition coefficient (Wildman–Crippen LogP) is 4.45. The van der Waals surface area contributed by atoms with Gasteiger partial charge in [-0.3, -0.25) is 0 Å². The van der Waals surface area contributed by atoms with Crippen molar-refractivity contribution in [1.29, 1.82) is 0 Å². The molecule has 0 aliphatic rings. The Morgan fingerprint density at radius 3 is 2.11 bits per heavy atom. The lowest BCUT2D eigenvalue weighted by Gasteiger charge is -2.19. The maximum Gasteiger partial charge on any atom is 0.127 e. The Morgan fingerprint density at radius 1 is 0.947 bits per heavy atom. The van der Waals surface area contributed by atoms with Crippen molar-refractivity contribution in [2.75, 3.05) is 11.1 Å². The van der Waals surface area contributed by atoms with Crippen molar-refractivity contribution in [1.82, 2.24) is 0 Å². The zero-order valence-electron chi connectivity index (χ0n) is 11.5. The van der Waals surface area contributed by atoms with Gasteiger partial charge in [0.15, 0.2) is 0 Å². The van der Waals surface area contributed by atoms with E-state index in [1.54, 1.807) is 6.07 Å². The highest BCUT2D eigenvalue weighted by molar-refractivity contribution is 5.64. The van der Waals surface area contributed by atoms with Crippen LogP contribution in [-0.4, -0.2) is 0 Å². The molecule has 0 amide bonds. The van der Waals surface area contributed by atoms with Crippen molar-refractivity contribution in [3.05, 3.63) is 53.8 Å². The van der Waals surface area contributed by atoms with Crippen LogP contribution in [0, 0.1) is 5.82 Å². The van der Waals surface area contributed by atoms with Gasteiger partial charge in [-0.15, -0.1) is 0 Å². The lowest BCUT2D eigenvalue weighted by Crippen LogP contribution is -2.10. The first-order valence-corrected chi connectivity index (χ1v) is 6.28. The van der Waals surface area contributed by atoms with E-state index in [1.807, 2.05) is 12.1 Å². The van der Waals surface area contributed by atoms with E-state index in [2.05, 4.69) is 38.2 Å². The molecule has 2 aromatic carbocycles. The summed E-state index contributed by atoms with van der Waals surface area (Å²) < 4.78 is 13.2. The standard InChI is InChI=1S/C16H19FN2/c1-16(2,3)11-4-6-14(7-5-11)19-15-9-12(17)8-13(18)10-15/h4-10,19H,18H2,1-3H3. The molecule has 0 saturated carbocycles. The molecule has 0 fully saturated rings. The molecule has 0 saturated heterocycles. The number of anilines is 3. The molecule has 2 nitrogen and oxygen atoms in total. The smallest absolute Gasteiger partial charge is 0.127 e. The zero-order valence-corrected chi connectivity index (χ0v) is 11.5. The predicted molar refractivity (Wildman–Crippen MR) is 79.2 cm³/mol. The van der Waals surface area contributed by atoms with Gasteiger partial charge in [0.05, 0.1) is 0 Å². The molecule has 0 unspecified atom stereocenters. The van der Waals surface area contributed by atoms with Gasteiger partial charge in [0.2, 0.25) is 0 Å². The molecule has 100 valence electrons. The molecule has 0 atom stereocenters. The number of halogens is 1. The maximum absolute atomic E-state index is 13.2. The second-order valence-electron chi connectivity index (χ2n) is 5.73. The van der Waals surface area contributed by atoms with Crippen LogP contribution in [0.5, 0.6) is 0 Å². The van der Waals surface area contributed by atoms with Crippen molar-refractivity contribution in [3.8, 4) is 0 Å². The van der Waals surface area contributed by atoms with E-state index < -0.39 is 0 Å². The van der Waals surface area contributed by atoms with Gasteiger partial charge in [0.25, 0.3) is 0 Å². The lowest BCUT2D eigenvalue weighted by atomic mass is 9.87. The molecular formula is C16H19FN2. The van der Waals surface area contributed by atoms with E-state index in [9.17, 15) is 4.39 Å². The number of hydrogen-bond donors (Lipinski definition) is 2. The summed E-state index contributed by atoms with van der Waals surface area (Å²) in [6.07, 6.45) is 0. The third-order valence-electron chi connectivity index (χ3n) is 2.96. The van der Waals surface area contributed by atoms with Crippen molar-refractivity contribution in [2.45, 2.75) is 26.2 Å². The third-order valence-corrected chi connectivity index (χ3v) is 2.96. The van der Waals surface area contributed by atoms with Crippen molar-refractivity contribution >= 4 is 17.1 Å². The van der Waals surface area contributed by atoms with Crippen LogP contribution < -0.4 is 11.1 Å². The molecule has 0 spiro atoms.